The fourth-order valence-corrected chi connectivity index (χ4v) is 3.97. The van der Waals surface area contributed by atoms with Gasteiger partial charge in [0.2, 0.25) is 10.0 Å². The molecule has 0 aliphatic heterocycles. The van der Waals surface area contributed by atoms with Gasteiger partial charge in [0, 0.05) is 17.9 Å². The number of benzene rings is 1. The van der Waals surface area contributed by atoms with Crippen LogP contribution < -0.4 is 10.0 Å². The molecule has 0 fully saturated rings. The van der Waals surface area contributed by atoms with Gasteiger partial charge in [-0.05, 0) is 50.2 Å². The summed E-state index contributed by atoms with van der Waals surface area (Å²) in [6.45, 7) is 4.34. The van der Waals surface area contributed by atoms with Crippen LogP contribution in [0.4, 0.5) is 10.5 Å². The number of anilines is 1. The molecule has 0 bridgehead atoms. The van der Waals surface area contributed by atoms with E-state index in [1.165, 1.54) is 31.4 Å². The molecule has 29 heavy (non-hydrogen) atoms. The lowest BCUT2D eigenvalue weighted by Crippen LogP contribution is -2.28. The number of ether oxygens (including phenoxy) is 1. The van der Waals surface area contributed by atoms with Crippen molar-refractivity contribution in [3.8, 4) is 11.3 Å². The monoisotopic (exact) mass is 418 g/mol. The van der Waals surface area contributed by atoms with Crippen molar-refractivity contribution in [2.45, 2.75) is 25.3 Å². The van der Waals surface area contributed by atoms with Crippen molar-refractivity contribution in [2.75, 3.05) is 19.0 Å². The molecule has 154 valence electrons. The van der Waals surface area contributed by atoms with Crippen LogP contribution >= 0.6 is 0 Å². The Kier molecular flexibility index (Phi) is 6.04. The molecule has 0 unspecified atom stereocenters. The minimum Gasteiger partial charge on any atom is -0.464 e. The second kappa shape index (κ2) is 8.50. The van der Waals surface area contributed by atoms with E-state index in [1.807, 2.05) is 26.0 Å². The average molecular weight is 418 g/mol. The molecule has 0 saturated heterocycles. The minimum atomic E-state index is -3.69. The Labute approximate surface area is 168 Å². The van der Waals surface area contributed by atoms with E-state index in [1.54, 1.807) is 10.9 Å². The highest BCUT2D eigenvalue weighted by Gasteiger charge is 2.17. The van der Waals surface area contributed by atoms with Gasteiger partial charge in [-0.25, -0.2) is 17.9 Å². The first kappa shape index (κ1) is 20.6. The molecular formula is C19H22N4O5S. The number of carbonyl (C=O) groups is 1. The number of hydrogen-bond acceptors (Lipinski definition) is 6. The second-order valence-electron chi connectivity index (χ2n) is 6.28. The highest BCUT2D eigenvalue weighted by molar-refractivity contribution is 7.89. The van der Waals surface area contributed by atoms with E-state index in [0.29, 0.717) is 12.2 Å². The van der Waals surface area contributed by atoms with Gasteiger partial charge >= 0.3 is 6.09 Å². The zero-order valence-electron chi connectivity index (χ0n) is 16.3. The normalized spacial score (nSPS) is 11.4. The number of methoxy groups -OCH3 is 1. The summed E-state index contributed by atoms with van der Waals surface area (Å²) in [7, 11) is -2.45. The predicted octanol–water partition coefficient (Wildman–Crippen LogP) is 2.92. The van der Waals surface area contributed by atoms with Crippen molar-refractivity contribution in [2.24, 2.45) is 0 Å². The van der Waals surface area contributed by atoms with Gasteiger partial charge in [0.25, 0.3) is 0 Å². The average Bonchev–Trinajstić information content (AvgIpc) is 3.30. The lowest BCUT2D eigenvalue weighted by atomic mass is 10.1. The van der Waals surface area contributed by atoms with Crippen LogP contribution in [-0.2, 0) is 21.3 Å². The molecule has 3 aromatic rings. The fraction of sp³-hybridized carbons (Fsp3) is 0.263. The van der Waals surface area contributed by atoms with Crippen LogP contribution in [-0.4, -0.2) is 37.9 Å². The van der Waals surface area contributed by atoms with Crippen LogP contribution in [0.5, 0.6) is 0 Å². The van der Waals surface area contributed by atoms with E-state index in [9.17, 15) is 13.2 Å². The molecule has 2 N–H and O–H groups in total. The molecule has 0 aliphatic carbocycles. The van der Waals surface area contributed by atoms with Crippen LogP contribution in [0.1, 0.15) is 11.4 Å². The first-order valence-corrected chi connectivity index (χ1v) is 10.3. The summed E-state index contributed by atoms with van der Waals surface area (Å²) in [5, 5.41) is 6.94. The molecular weight excluding hydrogens is 396 g/mol. The first-order valence-electron chi connectivity index (χ1n) is 8.84. The highest BCUT2D eigenvalue weighted by Crippen LogP contribution is 2.27. The lowest BCUT2D eigenvalue weighted by Gasteiger charge is -2.09. The van der Waals surface area contributed by atoms with E-state index < -0.39 is 16.1 Å². The summed E-state index contributed by atoms with van der Waals surface area (Å²) in [6, 6.07) is 9.47. The van der Waals surface area contributed by atoms with Crippen LogP contribution in [0.2, 0.25) is 0 Å². The Morgan fingerprint density at radius 2 is 1.93 bits per heavy atom. The van der Waals surface area contributed by atoms with Crippen molar-refractivity contribution < 1.29 is 22.4 Å². The Bertz CT molecular complexity index is 1090. The summed E-state index contributed by atoms with van der Waals surface area (Å²) in [5.41, 5.74) is 3.05. The molecule has 9 nitrogen and oxygen atoms in total. The van der Waals surface area contributed by atoms with Gasteiger partial charge in [0.1, 0.15) is 5.76 Å². The van der Waals surface area contributed by atoms with Crippen LogP contribution in [0.25, 0.3) is 11.3 Å². The molecule has 0 saturated carbocycles. The Morgan fingerprint density at radius 1 is 1.21 bits per heavy atom. The van der Waals surface area contributed by atoms with E-state index in [-0.39, 0.29) is 11.4 Å². The topological polar surface area (TPSA) is 115 Å². The molecule has 0 spiro atoms. The van der Waals surface area contributed by atoms with Crippen molar-refractivity contribution in [3.63, 3.8) is 0 Å². The quantitative estimate of drug-likeness (QED) is 0.610. The Hall–Kier alpha value is -3.11. The number of rotatable bonds is 7. The third-order valence-electron chi connectivity index (χ3n) is 4.36. The largest absolute Gasteiger partial charge is 0.464 e. The standard InChI is InChI=1S/C19H22N4O5S/c1-13-18(17-5-4-12-28-17)14(2)23(22-13)11-10-20-29(25,26)16-8-6-15(7-9-16)21-19(24)27-3/h4-9,12,20H,10-11H2,1-3H3,(H,21,24). The van der Waals surface area contributed by atoms with Crippen molar-refractivity contribution in [1.29, 1.82) is 0 Å². The van der Waals surface area contributed by atoms with Crippen LogP contribution in [0.15, 0.2) is 52.0 Å². The predicted molar refractivity (Wildman–Crippen MR) is 107 cm³/mol. The molecule has 1 aromatic carbocycles. The van der Waals surface area contributed by atoms with E-state index in [2.05, 4.69) is 19.9 Å². The summed E-state index contributed by atoms with van der Waals surface area (Å²) in [4.78, 5) is 11.3. The smallest absolute Gasteiger partial charge is 0.411 e. The fourth-order valence-electron chi connectivity index (χ4n) is 2.95. The minimum absolute atomic E-state index is 0.0950. The molecule has 2 aromatic heterocycles. The van der Waals surface area contributed by atoms with E-state index in [0.717, 1.165) is 22.7 Å². The third kappa shape index (κ3) is 4.66. The number of aromatic nitrogens is 2. The van der Waals surface area contributed by atoms with Crippen LogP contribution in [0.3, 0.4) is 0 Å². The number of hydrogen-bond donors (Lipinski definition) is 2. The Morgan fingerprint density at radius 3 is 2.55 bits per heavy atom. The van der Waals surface area contributed by atoms with Gasteiger partial charge in [-0.1, -0.05) is 0 Å². The molecule has 3 rings (SSSR count). The second-order valence-corrected chi connectivity index (χ2v) is 8.05. The molecule has 1 amide bonds. The van der Waals surface area contributed by atoms with E-state index in [4.69, 9.17) is 4.42 Å². The van der Waals surface area contributed by atoms with E-state index >= 15 is 0 Å². The number of aryl methyl sites for hydroxylation is 1. The van der Waals surface area contributed by atoms with Crippen molar-refractivity contribution in [3.05, 3.63) is 54.0 Å². The summed E-state index contributed by atoms with van der Waals surface area (Å²) < 4.78 is 39.2. The zero-order valence-corrected chi connectivity index (χ0v) is 17.1. The Balaban J connectivity index is 1.64. The SMILES string of the molecule is COC(=O)Nc1ccc(S(=O)(=O)NCCn2nc(C)c(-c3ccco3)c2C)cc1. The van der Waals surface area contributed by atoms with Gasteiger partial charge in [0.15, 0.2) is 0 Å². The van der Waals surface area contributed by atoms with Gasteiger partial charge in [-0.2, -0.15) is 5.10 Å². The number of carbonyl (C=O) groups excluding carboxylic acids is 1. The van der Waals surface area contributed by atoms with Gasteiger partial charge in [-0.3, -0.25) is 10.00 Å². The van der Waals surface area contributed by atoms with Crippen molar-refractivity contribution in [1.82, 2.24) is 14.5 Å². The number of furan rings is 1. The van der Waals surface area contributed by atoms with Crippen molar-refractivity contribution >= 4 is 21.8 Å². The van der Waals surface area contributed by atoms with Gasteiger partial charge < -0.3 is 9.15 Å². The summed E-state index contributed by atoms with van der Waals surface area (Å²) in [5.74, 6) is 0.729. The van der Waals surface area contributed by atoms with Gasteiger partial charge in [-0.15, -0.1) is 0 Å². The zero-order chi connectivity index (χ0) is 21.0. The number of sulfonamides is 1. The summed E-state index contributed by atoms with van der Waals surface area (Å²) in [6.07, 6.45) is 0.976. The number of nitrogens with zero attached hydrogens (tertiary/aromatic N) is 2. The van der Waals surface area contributed by atoms with Gasteiger partial charge in [0.05, 0.1) is 36.1 Å². The first-order chi connectivity index (χ1) is 13.8. The molecule has 0 atom stereocenters. The third-order valence-corrected chi connectivity index (χ3v) is 5.84. The molecule has 0 radical (unpaired) electrons. The molecule has 10 heteroatoms. The lowest BCUT2D eigenvalue weighted by molar-refractivity contribution is 0.187. The number of amides is 1. The number of nitrogens with one attached hydrogen (secondary N) is 2. The maximum Gasteiger partial charge on any atom is 0.411 e. The maximum atomic E-state index is 12.5. The molecule has 2 heterocycles. The molecule has 0 aliphatic rings. The highest BCUT2D eigenvalue weighted by atomic mass is 32.2. The maximum absolute atomic E-state index is 12.5. The summed E-state index contributed by atoms with van der Waals surface area (Å²) >= 11 is 0. The van der Waals surface area contributed by atoms with Crippen LogP contribution in [0, 0.1) is 13.8 Å².